The summed E-state index contributed by atoms with van der Waals surface area (Å²) < 4.78 is 5.12. The summed E-state index contributed by atoms with van der Waals surface area (Å²) in [5, 5.41) is 13.2. The fourth-order valence-corrected chi connectivity index (χ4v) is 4.16. The van der Waals surface area contributed by atoms with Gasteiger partial charge in [0.2, 0.25) is 5.91 Å². The first-order valence-electron chi connectivity index (χ1n) is 8.44. The Morgan fingerprint density at radius 1 is 1.33 bits per heavy atom. The van der Waals surface area contributed by atoms with Gasteiger partial charge in [-0.3, -0.25) is 14.5 Å². The molecule has 1 spiro atoms. The molecule has 2 aliphatic heterocycles. The number of carboxylic acids is 1. The fourth-order valence-electron chi connectivity index (χ4n) is 4.16. The largest absolute Gasteiger partial charge is 0.480 e. The standard InChI is InChI=1S/C17H25N3O4/c1-11-13(12(2)24-18-11)8-15(21)20-6-4-17(5-7-20)9-14(16(22)23)19(3)10-17/h14H,4-10H2,1-3H3,(H,22,23). The molecular weight excluding hydrogens is 310 g/mol. The average molecular weight is 335 g/mol. The minimum absolute atomic E-state index is 0.0393. The highest BCUT2D eigenvalue weighted by molar-refractivity contribution is 5.79. The summed E-state index contributed by atoms with van der Waals surface area (Å²) in [7, 11) is 1.88. The summed E-state index contributed by atoms with van der Waals surface area (Å²) in [4.78, 5) is 27.7. The minimum atomic E-state index is -0.744. The molecule has 3 heterocycles. The first-order valence-corrected chi connectivity index (χ1v) is 8.44. The van der Waals surface area contributed by atoms with Gasteiger partial charge in [0.25, 0.3) is 0 Å². The summed E-state index contributed by atoms with van der Waals surface area (Å²) in [6.45, 7) is 5.87. The number of aliphatic carboxylic acids is 1. The van der Waals surface area contributed by atoms with Gasteiger partial charge in [-0.15, -0.1) is 0 Å². The smallest absolute Gasteiger partial charge is 0.320 e. The molecular formula is C17H25N3O4. The number of rotatable bonds is 3. The van der Waals surface area contributed by atoms with Crippen molar-refractivity contribution in [3.8, 4) is 0 Å². The van der Waals surface area contributed by atoms with Crippen LogP contribution in [0.4, 0.5) is 0 Å². The monoisotopic (exact) mass is 335 g/mol. The number of carbonyl (C=O) groups is 2. The van der Waals surface area contributed by atoms with Crippen molar-refractivity contribution in [2.24, 2.45) is 5.41 Å². The average Bonchev–Trinajstić information content (AvgIpc) is 3.02. The van der Waals surface area contributed by atoms with Crippen LogP contribution >= 0.6 is 0 Å². The van der Waals surface area contributed by atoms with Gasteiger partial charge in [0.1, 0.15) is 11.8 Å². The zero-order valence-electron chi connectivity index (χ0n) is 14.5. The molecule has 0 saturated carbocycles. The van der Waals surface area contributed by atoms with Crippen LogP contribution in [0.25, 0.3) is 0 Å². The van der Waals surface area contributed by atoms with Crippen LogP contribution in [0.5, 0.6) is 0 Å². The number of likely N-dealkylation sites (N-methyl/N-ethyl adjacent to an activating group) is 1. The van der Waals surface area contributed by atoms with Crippen molar-refractivity contribution in [1.82, 2.24) is 15.0 Å². The van der Waals surface area contributed by atoms with Crippen molar-refractivity contribution in [1.29, 1.82) is 0 Å². The number of carboxylic acid groups (broad SMARTS) is 1. The Labute approximate surface area is 141 Å². The third-order valence-electron chi connectivity index (χ3n) is 5.71. The molecule has 1 unspecified atom stereocenters. The van der Waals surface area contributed by atoms with Crippen molar-refractivity contribution in [3.05, 3.63) is 17.0 Å². The van der Waals surface area contributed by atoms with Gasteiger partial charge in [0, 0.05) is 25.2 Å². The predicted octanol–water partition coefficient (Wildman–Crippen LogP) is 1.23. The van der Waals surface area contributed by atoms with Gasteiger partial charge in [-0.1, -0.05) is 5.16 Å². The lowest BCUT2D eigenvalue weighted by molar-refractivity contribution is -0.142. The quantitative estimate of drug-likeness (QED) is 0.894. The normalized spacial score (nSPS) is 23.8. The fraction of sp³-hybridized carbons (Fsp3) is 0.706. The Kier molecular flexibility index (Phi) is 4.38. The molecule has 24 heavy (non-hydrogen) atoms. The molecule has 1 amide bonds. The summed E-state index contributed by atoms with van der Waals surface area (Å²) in [6.07, 6.45) is 2.75. The van der Waals surface area contributed by atoms with Crippen LogP contribution in [0.2, 0.25) is 0 Å². The van der Waals surface area contributed by atoms with Crippen molar-refractivity contribution in [2.45, 2.75) is 45.6 Å². The van der Waals surface area contributed by atoms with E-state index in [1.165, 1.54) is 0 Å². The number of likely N-dealkylation sites (tertiary alicyclic amines) is 2. The van der Waals surface area contributed by atoms with E-state index >= 15 is 0 Å². The Hall–Kier alpha value is -1.89. The zero-order chi connectivity index (χ0) is 17.5. The molecule has 0 radical (unpaired) electrons. The Balaban J connectivity index is 1.59. The van der Waals surface area contributed by atoms with Crippen molar-refractivity contribution in [3.63, 3.8) is 0 Å². The van der Waals surface area contributed by atoms with Crippen LogP contribution in [-0.2, 0) is 16.0 Å². The van der Waals surface area contributed by atoms with Gasteiger partial charge in [0.05, 0.1) is 12.1 Å². The molecule has 7 heteroatoms. The van der Waals surface area contributed by atoms with Crippen molar-refractivity contribution < 1.29 is 19.2 Å². The molecule has 0 aromatic carbocycles. The van der Waals surface area contributed by atoms with E-state index in [9.17, 15) is 14.7 Å². The third-order valence-corrected chi connectivity index (χ3v) is 5.71. The van der Waals surface area contributed by atoms with Gasteiger partial charge in [-0.05, 0) is 45.6 Å². The summed E-state index contributed by atoms with van der Waals surface area (Å²) >= 11 is 0. The second-order valence-electron chi connectivity index (χ2n) is 7.33. The lowest BCUT2D eigenvalue weighted by Crippen LogP contribution is -2.44. The predicted molar refractivity (Wildman–Crippen MR) is 86.6 cm³/mol. The third kappa shape index (κ3) is 3.05. The number of piperidine rings is 1. The van der Waals surface area contributed by atoms with E-state index in [-0.39, 0.29) is 11.3 Å². The van der Waals surface area contributed by atoms with Crippen LogP contribution in [0, 0.1) is 19.3 Å². The second-order valence-corrected chi connectivity index (χ2v) is 7.33. The Morgan fingerprint density at radius 3 is 2.50 bits per heavy atom. The van der Waals surface area contributed by atoms with Crippen LogP contribution in [0.1, 0.15) is 36.3 Å². The zero-order valence-corrected chi connectivity index (χ0v) is 14.5. The highest BCUT2D eigenvalue weighted by atomic mass is 16.5. The molecule has 1 aromatic rings. The number of hydrogen-bond donors (Lipinski definition) is 1. The van der Waals surface area contributed by atoms with Gasteiger partial charge < -0.3 is 14.5 Å². The molecule has 2 fully saturated rings. The van der Waals surface area contributed by atoms with Crippen LogP contribution in [0.3, 0.4) is 0 Å². The summed E-state index contributed by atoms with van der Waals surface area (Å²) in [6, 6.07) is -0.394. The Morgan fingerprint density at radius 2 is 2.00 bits per heavy atom. The maximum atomic E-state index is 12.6. The maximum Gasteiger partial charge on any atom is 0.320 e. The Bertz CT molecular complexity index is 627. The lowest BCUT2D eigenvalue weighted by atomic mass is 9.76. The first-order chi connectivity index (χ1) is 11.3. The molecule has 1 atom stereocenters. The van der Waals surface area contributed by atoms with Gasteiger partial charge in [0.15, 0.2) is 0 Å². The van der Waals surface area contributed by atoms with Crippen LogP contribution < -0.4 is 0 Å². The number of amides is 1. The second kappa shape index (κ2) is 6.20. The SMILES string of the molecule is Cc1noc(C)c1CC(=O)N1CCC2(CC1)CC(C(=O)O)N(C)C2. The van der Waals surface area contributed by atoms with Crippen LogP contribution in [0.15, 0.2) is 4.52 Å². The molecule has 3 rings (SSSR count). The van der Waals surface area contributed by atoms with E-state index in [1.807, 2.05) is 30.7 Å². The molecule has 1 aromatic heterocycles. The topological polar surface area (TPSA) is 86.9 Å². The van der Waals surface area contributed by atoms with Crippen LogP contribution in [-0.4, -0.2) is 64.7 Å². The number of hydrogen-bond acceptors (Lipinski definition) is 5. The highest BCUT2D eigenvalue weighted by Crippen LogP contribution is 2.42. The number of nitrogens with zero attached hydrogens (tertiary/aromatic N) is 3. The molecule has 7 nitrogen and oxygen atoms in total. The van der Waals surface area contributed by atoms with E-state index in [4.69, 9.17) is 4.52 Å². The van der Waals surface area contributed by atoms with E-state index in [0.29, 0.717) is 31.7 Å². The van der Waals surface area contributed by atoms with Gasteiger partial charge >= 0.3 is 5.97 Å². The van der Waals surface area contributed by atoms with Crippen molar-refractivity contribution in [2.75, 3.05) is 26.7 Å². The molecule has 2 saturated heterocycles. The molecule has 2 aliphatic rings. The van der Waals surface area contributed by atoms with Gasteiger partial charge in [-0.2, -0.15) is 0 Å². The van der Waals surface area contributed by atoms with Gasteiger partial charge in [-0.25, -0.2) is 0 Å². The minimum Gasteiger partial charge on any atom is -0.480 e. The van der Waals surface area contributed by atoms with Crippen molar-refractivity contribution >= 4 is 11.9 Å². The van der Waals surface area contributed by atoms with E-state index in [2.05, 4.69) is 5.16 Å². The molecule has 0 bridgehead atoms. The van der Waals surface area contributed by atoms with E-state index in [1.54, 1.807) is 0 Å². The highest BCUT2D eigenvalue weighted by Gasteiger charge is 2.47. The maximum absolute atomic E-state index is 12.6. The molecule has 0 aliphatic carbocycles. The van der Waals surface area contributed by atoms with E-state index < -0.39 is 12.0 Å². The lowest BCUT2D eigenvalue weighted by Gasteiger charge is -2.39. The number of aryl methyl sites for hydroxylation is 2. The molecule has 132 valence electrons. The molecule has 1 N–H and O–H groups in total. The summed E-state index contributed by atoms with van der Waals surface area (Å²) in [5.41, 5.74) is 1.69. The first kappa shape index (κ1) is 17.0. The number of aromatic nitrogens is 1. The summed E-state index contributed by atoms with van der Waals surface area (Å²) in [5.74, 6) is 0.0581. The number of carbonyl (C=O) groups excluding carboxylic acids is 1. The van der Waals surface area contributed by atoms with E-state index in [0.717, 1.165) is 30.6 Å².